The van der Waals surface area contributed by atoms with Gasteiger partial charge < -0.3 is 0 Å². The van der Waals surface area contributed by atoms with Gasteiger partial charge >= 0.3 is 0 Å². The lowest BCUT2D eigenvalue weighted by Gasteiger charge is -2.04. The van der Waals surface area contributed by atoms with E-state index in [0.29, 0.717) is 22.2 Å². The second-order valence-electron chi connectivity index (χ2n) is 4.52. The Morgan fingerprint density at radius 1 is 1.10 bits per heavy atom. The Hall–Kier alpha value is -1.84. The summed E-state index contributed by atoms with van der Waals surface area (Å²) in [6.07, 6.45) is 0.291. The zero-order valence-electron chi connectivity index (χ0n) is 11.4. The van der Waals surface area contributed by atoms with Gasteiger partial charge in [-0.2, -0.15) is 5.10 Å². The molecule has 0 saturated heterocycles. The lowest BCUT2D eigenvalue weighted by atomic mass is 10.1. The van der Waals surface area contributed by atoms with E-state index >= 15 is 0 Å². The van der Waals surface area contributed by atoms with E-state index in [-0.39, 0.29) is 5.91 Å². The molecule has 0 radical (unpaired) electrons. The molecule has 0 fully saturated rings. The van der Waals surface area contributed by atoms with Gasteiger partial charge in [-0.1, -0.05) is 59.6 Å². The van der Waals surface area contributed by atoms with Crippen LogP contribution in [0, 0.1) is 0 Å². The number of rotatable bonds is 4. The van der Waals surface area contributed by atoms with Gasteiger partial charge in [0.1, 0.15) is 0 Å². The lowest BCUT2D eigenvalue weighted by Crippen LogP contribution is -2.21. The molecule has 0 aliphatic heterocycles. The van der Waals surface area contributed by atoms with Crippen molar-refractivity contribution in [3.05, 3.63) is 69.7 Å². The van der Waals surface area contributed by atoms with Crippen LogP contribution in [0.4, 0.5) is 0 Å². The van der Waals surface area contributed by atoms with Crippen molar-refractivity contribution in [2.45, 2.75) is 13.3 Å². The Kier molecular flexibility index (Phi) is 5.37. The number of halogens is 2. The van der Waals surface area contributed by atoms with Crippen molar-refractivity contribution in [2.75, 3.05) is 0 Å². The highest BCUT2D eigenvalue weighted by atomic mass is 35.5. The fourth-order valence-electron chi connectivity index (χ4n) is 1.75. The Labute approximate surface area is 133 Å². The summed E-state index contributed by atoms with van der Waals surface area (Å²) in [5, 5.41) is 5.02. The minimum Gasteiger partial charge on any atom is -0.273 e. The summed E-state index contributed by atoms with van der Waals surface area (Å²) < 4.78 is 0. The van der Waals surface area contributed by atoms with E-state index in [0.717, 1.165) is 11.1 Å². The number of nitrogens with one attached hydrogen (secondary N) is 1. The number of carbonyl (C=O) groups is 1. The Morgan fingerprint density at radius 3 is 2.48 bits per heavy atom. The van der Waals surface area contributed by atoms with Gasteiger partial charge in [0.2, 0.25) is 5.91 Å². The van der Waals surface area contributed by atoms with Gasteiger partial charge in [0.05, 0.1) is 22.2 Å². The van der Waals surface area contributed by atoms with Gasteiger partial charge in [0, 0.05) is 0 Å². The minimum absolute atomic E-state index is 0.166. The number of hydrogen-bond donors (Lipinski definition) is 1. The van der Waals surface area contributed by atoms with Crippen LogP contribution < -0.4 is 5.43 Å². The molecular weight excluding hydrogens is 307 g/mol. The molecule has 0 heterocycles. The van der Waals surface area contributed by atoms with Crippen molar-refractivity contribution in [1.82, 2.24) is 5.43 Å². The van der Waals surface area contributed by atoms with Crippen LogP contribution in [0.15, 0.2) is 53.6 Å². The molecule has 1 N–H and O–H groups in total. The first kappa shape index (κ1) is 15.5. The summed E-state index contributed by atoms with van der Waals surface area (Å²) >= 11 is 11.8. The van der Waals surface area contributed by atoms with Crippen LogP contribution in [0.25, 0.3) is 0 Å². The van der Waals surface area contributed by atoms with E-state index < -0.39 is 0 Å². The predicted octanol–water partition coefficient (Wildman–Crippen LogP) is 4.08. The van der Waals surface area contributed by atoms with Gasteiger partial charge in [-0.25, -0.2) is 5.43 Å². The third-order valence-electron chi connectivity index (χ3n) is 2.89. The number of benzene rings is 2. The molecule has 1 amide bonds. The minimum atomic E-state index is -0.166. The first-order valence-electron chi connectivity index (χ1n) is 6.39. The first-order chi connectivity index (χ1) is 10.1. The number of hydrogen-bond acceptors (Lipinski definition) is 2. The number of hydrazone groups is 1. The van der Waals surface area contributed by atoms with E-state index in [2.05, 4.69) is 10.5 Å². The Morgan fingerprint density at radius 2 is 1.81 bits per heavy atom. The van der Waals surface area contributed by atoms with Crippen LogP contribution >= 0.6 is 23.2 Å². The molecule has 0 aliphatic rings. The Balaban J connectivity index is 1.99. The summed E-state index contributed by atoms with van der Waals surface area (Å²) in [5.74, 6) is -0.166. The van der Waals surface area contributed by atoms with Crippen LogP contribution in [0.3, 0.4) is 0 Å². The molecule has 0 aromatic heterocycles. The zero-order chi connectivity index (χ0) is 15.2. The highest BCUT2D eigenvalue weighted by Gasteiger charge is 2.04. The van der Waals surface area contributed by atoms with E-state index in [9.17, 15) is 4.79 Å². The third-order valence-corrected chi connectivity index (χ3v) is 3.63. The predicted molar refractivity (Wildman–Crippen MR) is 87.0 cm³/mol. The maximum absolute atomic E-state index is 11.8. The van der Waals surface area contributed by atoms with Gasteiger partial charge in [0.25, 0.3) is 0 Å². The molecule has 5 heteroatoms. The molecule has 2 rings (SSSR count). The van der Waals surface area contributed by atoms with Crippen molar-refractivity contribution < 1.29 is 4.79 Å². The summed E-state index contributed by atoms with van der Waals surface area (Å²) in [5.41, 5.74) is 4.95. The summed E-state index contributed by atoms with van der Waals surface area (Å²) in [4.78, 5) is 11.8. The number of nitrogens with zero attached hydrogens (tertiary/aromatic N) is 1. The van der Waals surface area contributed by atoms with Gasteiger partial charge in [-0.05, 0) is 30.2 Å². The topological polar surface area (TPSA) is 41.5 Å². The van der Waals surface area contributed by atoms with Crippen molar-refractivity contribution in [2.24, 2.45) is 5.10 Å². The number of amides is 1. The second kappa shape index (κ2) is 7.25. The second-order valence-corrected chi connectivity index (χ2v) is 5.34. The molecule has 2 aromatic carbocycles. The van der Waals surface area contributed by atoms with Crippen molar-refractivity contribution in [3.8, 4) is 0 Å². The highest BCUT2D eigenvalue weighted by Crippen LogP contribution is 2.22. The molecule has 108 valence electrons. The third kappa shape index (κ3) is 4.59. The molecule has 0 atom stereocenters. The SMILES string of the molecule is CC(=NNC(=O)Cc1ccccc1)c1ccc(Cl)c(Cl)c1. The van der Waals surface area contributed by atoms with Crippen LogP contribution in [0.2, 0.25) is 10.0 Å². The fourth-order valence-corrected chi connectivity index (χ4v) is 2.05. The van der Waals surface area contributed by atoms with Crippen LogP contribution in [0.5, 0.6) is 0 Å². The van der Waals surface area contributed by atoms with Crippen LogP contribution in [-0.2, 0) is 11.2 Å². The summed E-state index contributed by atoms with van der Waals surface area (Å²) in [6.45, 7) is 1.79. The zero-order valence-corrected chi connectivity index (χ0v) is 12.9. The van der Waals surface area contributed by atoms with E-state index in [4.69, 9.17) is 23.2 Å². The monoisotopic (exact) mass is 320 g/mol. The maximum Gasteiger partial charge on any atom is 0.244 e. The highest BCUT2D eigenvalue weighted by molar-refractivity contribution is 6.42. The molecule has 0 bridgehead atoms. The van der Waals surface area contributed by atoms with Crippen LogP contribution in [0.1, 0.15) is 18.1 Å². The normalized spacial score (nSPS) is 11.3. The average molecular weight is 321 g/mol. The average Bonchev–Trinajstić information content (AvgIpc) is 2.48. The van der Waals surface area contributed by atoms with Crippen molar-refractivity contribution in [1.29, 1.82) is 0 Å². The number of carbonyl (C=O) groups excluding carboxylic acids is 1. The van der Waals surface area contributed by atoms with Crippen molar-refractivity contribution >= 4 is 34.8 Å². The molecule has 0 saturated carbocycles. The quantitative estimate of drug-likeness (QED) is 0.669. The van der Waals surface area contributed by atoms with Crippen molar-refractivity contribution in [3.63, 3.8) is 0 Å². The molecule has 0 unspecified atom stereocenters. The lowest BCUT2D eigenvalue weighted by molar-refractivity contribution is -0.120. The van der Waals surface area contributed by atoms with E-state index in [1.165, 1.54) is 0 Å². The molecule has 3 nitrogen and oxygen atoms in total. The van der Waals surface area contributed by atoms with E-state index in [1.807, 2.05) is 30.3 Å². The Bertz CT molecular complexity index is 669. The van der Waals surface area contributed by atoms with Gasteiger partial charge in [-0.15, -0.1) is 0 Å². The molecule has 0 spiro atoms. The molecule has 2 aromatic rings. The van der Waals surface area contributed by atoms with E-state index in [1.54, 1.807) is 25.1 Å². The van der Waals surface area contributed by atoms with Crippen LogP contribution in [-0.4, -0.2) is 11.6 Å². The maximum atomic E-state index is 11.8. The summed E-state index contributed by atoms with van der Waals surface area (Å²) in [6, 6.07) is 14.7. The summed E-state index contributed by atoms with van der Waals surface area (Å²) in [7, 11) is 0. The first-order valence-corrected chi connectivity index (χ1v) is 7.14. The molecule has 21 heavy (non-hydrogen) atoms. The fraction of sp³-hybridized carbons (Fsp3) is 0.125. The molecule has 0 aliphatic carbocycles. The standard InChI is InChI=1S/C16H14Cl2N2O/c1-11(13-7-8-14(17)15(18)10-13)19-20-16(21)9-12-5-3-2-4-6-12/h2-8,10H,9H2,1H3,(H,20,21). The van der Waals surface area contributed by atoms with Gasteiger partial charge in [0.15, 0.2) is 0 Å². The largest absolute Gasteiger partial charge is 0.273 e. The smallest absolute Gasteiger partial charge is 0.244 e. The van der Waals surface area contributed by atoms with Gasteiger partial charge in [-0.3, -0.25) is 4.79 Å². The molecular formula is C16H14Cl2N2O.